The molecule has 4 aliphatic rings. The van der Waals surface area contributed by atoms with E-state index in [2.05, 4.69) is 37.7 Å². The minimum absolute atomic E-state index is 0.0170. The van der Waals surface area contributed by atoms with Crippen LogP contribution < -0.4 is 29.6 Å². The van der Waals surface area contributed by atoms with Crippen molar-refractivity contribution in [2.75, 3.05) is 85.3 Å². The van der Waals surface area contributed by atoms with Gasteiger partial charge in [0.1, 0.15) is 25.1 Å². The number of aliphatic carboxylic acids is 1. The summed E-state index contributed by atoms with van der Waals surface area (Å²) in [5, 5.41) is 21.1. The zero-order valence-corrected chi connectivity index (χ0v) is 49.8. The van der Waals surface area contributed by atoms with Gasteiger partial charge in [0.25, 0.3) is 23.4 Å². The van der Waals surface area contributed by atoms with Gasteiger partial charge >= 0.3 is 5.97 Å². The number of terminal acetylenes is 1. The van der Waals surface area contributed by atoms with Gasteiger partial charge in [-0.1, -0.05) is 31.0 Å². The third kappa shape index (κ3) is 19.2. The van der Waals surface area contributed by atoms with Crippen LogP contribution in [0.1, 0.15) is 80.3 Å². The van der Waals surface area contributed by atoms with Crippen LogP contribution in [0.4, 0.5) is 27.1 Å². The number of carboxylic acid groups (broad SMARTS) is 1. The largest absolute Gasteiger partial charge is 0.778 e. The van der Waals surface area contributed by atoms with E-state index in [1.165, 1.54) is 11.0 Å². The van der Waals surface area contributed by atoms with Gasteiger partial charge in [0.05, 0.1) is 83.2 Å². The second kappa shape index (κ2) is 31.7. The maximum atomic E-state index is 14.7. The highest BCUT2D eigenvalue weighted by Gasteiger charge is 2.42. The first-order valence-electron chi connectivity index (χ1n) is 25.2. The van der Waals surface area contributed by atoms with Gasteiger partial charge in [-0.3, -0.25) is 58.7 Å². The number of rotatable bonds is 16. The molecule has 1 fully saturated rings. The van der Waals surface area contributed by atoms with Crippen LogP contribution >= 0.6 is 19.2 Å². The smallest absolute Gasteiger partial charge is 0.317 e. The summed E-state index contributed by atoms with van der Waals surface area (Å²) >= 11 is 5.76. The summed E-state index contributed by atoms with van der Waals surface area (Å²) in [7, 11) is -5.77. The summed E-state index contributed by atoms with van der Waals surface area (Å²) in [5.41, 5.74) is 3.04. The third-order valence-corrected chi connectivity index (χ3v) is 14.2. The number of amides is 4. The number of carbonyl (C=O) groups excluding carboxylic acids is 7. The highest BCUT2D eigenvalue weighted by molar-refractivity contribution is 7.94. The Morgan fingerprint density at radius 1 is 1.01 bits per heavy atom. The molecule has 3 N–H and O–H groups in total. The Morgan fingerprint density at radius 3 is 2.09 bits per heavy atom. The normalized spacial score (nSPS) is 16.0. The molecule has 0 aromatic heterocycles. The van der Waals surface area contributed by atoms with E-state index in [1.807, 2.05) is 31.3 Å². The molecule has 0 bridgehead atoms. The highest BCUT2D eigenvalue weighted by atomic mass is 35.5. The van der Waals surface area contributed by atoms with Gasteiger partial charge in [-0.05, 0) is 92.6 Å². The fraction of sp³-hybridized carbons (Fsp3) is 0.444. The molecule has 23 nitrogen and oxygen atoms in total. The van der Waals surface area contributed by atoms with E-state index < -0.39 is 93.3 Å². The van der Waals surface area contributed by atoms with Crippen molar-refractivity contribution in [1.29, 1.82) is 0 Å². The van der Waals surface area contributed by atoms with Gasteiger partial charge in [-0.25, -0.2) is 17.7 Å². The highest BCUT2D eigenvalue weighted by Crippen LogP contribution is 2.42. The number of benzene rings is 3. The number of carbonyl (C=O) groups is 8. The average molecular weight is 1220 g/mol. The molecule has 446 valence electrons. The molecule has 0 spiro atoms. The Bertz CT molecular complexity index is 3130. The molecule has 3 aromatic carbocycles. The van der Waals surface area contributed by atoms with Crippen molar-refractivity contribution in [3.8, 4) is 18.1 Å². The molecule has 2 heterocycles. The number of hydrogen-bond acceptors (Lipinski definition) is 17. The number of alkyl halides is 1. The van der Waals surface area contributed by atoms with Crippen LogP contribution in [-0.4, -0.2) is 147 Å². The maximum absolute atomic E-state index is 14.7. The van der Waals surface area contributed by atoms with Gasteiger partial charge in [-0.15, -0.1) is 18.0 Å². The van der Waals surface area contributed by atoms with E-state index in [-0.39, 0.29) is 71.7 Å². The fourth-order valence-electron chi connectivity index (χ4n) is 8.68. The average Bonchev–Trinajstić information content (AvgIpc) is 3.89. The number of nitrogens with one attached hydrogen (secondary N) is 1. The van der Waals surface area contributed by atoms with E-state index in [1.54, 1.807) is 12.0 Å². The van der Waals surface area contributed by atoms with Crippen molar-refractivity contribution in [2.24, 2.45) is 5.92 Å². The van der Waals surface area contributed by atoms with Gasteiger partial charge < -0.3 is 33.8 Å². The number of halogens is 2. The number of aryl methyl sites for hydroxylation is 2. The van der Waals surface area contributed by atoms with E-state index in [4.69, 9.17) is 37.5 Å². The summed E-state index contributed by atoms with van der Waals surface area (Å²) in [4.78, 5) is 127. The summed E-state index contributed by atoms with van der Waals surface area (Å²) in [6, 6.07) is 11.2. The van der Waals surface area contributed by atoms with Crippen LogP contribution in [0.3, 0.4) is 0 Å². The lowest BCUT2D eigenvalue weighted by Gasteiger charge is -2.31. The van der Waals surface area contributed by atoms with Crippen LogP contribution in [0.25, 0.3) is 0 Å². The van der Waals surface area contributed by atoms with Crippen molar-refractivity contribution in [1.82, 2.24) is 5.32 Å². The summed E-state index contributed by atoms with van der Waals surface area (Å²) in [6.45, 7) is 5.82. The van der Waals surface area contributed by atoms with Crippen LogP contribution in [0, 0.1) is 41.1 Å². The number of hydrogen-bond donors (Lipinski definition) is 3. The van der Waals surface area contributed by atoms with Crippen LogP contribution in [0.2, 0.25) is 0 Å². The van der Waals surface area contributed by atoms with Crippen molar-refractivity contribution in [3.63, 3.8) is 0 Å². The van der Waals surface area contributed by atoms with Crippen LogP contribution in [0.15, 0.2) is 64.6 Å². The fourth-order valence-corrected chi connectivity index (χ4v) is 9.85. The molecule has 0 saturated heterocycles. The monoisotopic (exact) mass is 1220 g/mol. The Balaban J connectivity index is 0.000000292. The predicted octanol–water partition coefficient (Wildman–Crippen LogP) is 4.87. The predicted molar refractivity (Wildman–Crippen MR) is 305 cm³/mol. The lowest BCUT2D eigenvalue weighted by Crippen LogP contribution is -2.43. The quantitative estimate of drug-likeness (QED) is 0.0198. The molecule has 2 unspecified atom stereocenters. The van der Waals surface area contributed by atoms with Crippen molar-refractivity contribution in [2.45, 2.75) is 83.1 Å². The molecule has 4 amide bonds. The standard InChI is InChI=1S/C19H15FN2O4.C15H22ClNO2.C14H13NO7S.C3H8NO5P.C3H9S/c1-2-7-21-15-9-14(13(20)8-16(15)26-10-17(21)23)22-18(24)11-5-3-4-6-12(11)19(22)25;1-5-13-8-6-7-11(2)15(13)17(14(18)9-16)12(3)10-19-4;1-23(21,22)8-5-6-9(10(7-8)15(19)20)14(18)13-11(16)3-2-4-12(13)17;5-3(6)1-4-2-10(7,8)9;1-4(2)3/h1,8-9H,3-7,10H2;6-8,12H,5,9-10H2,1-4H3;5-7,13H,2-4H2,1H3;4H,1-2H2,(H,5,6)(H2,7,8,9);1-3H3/q;;;;+1/p-1. The number of carboxylic acids is 1. The molecule has 1 saturated carbocycles. The molecule has 82 heavy (non-hydrogen) atoms. The minimum atomic E-state index is -4.35. The van der Waals surface area contributed by atoms with Crippen LogP contribution in [0.5, 0.6) is 5.75 Å². The zero-order valence-electron chi connectivity index (χ0n) is 46.5. The Kier molecular flexibility index (Phi) is 26.9. The number of methoxy groups -OCH3 is 1. The minimum Gasteiger partial charge on any atom is -0.778 e. The molecule has 28 heteroatoms. The Morgan fingerprint density at radius 2 is 1.60 bits per heavy atom. The SMILES string of the molecule is C#CCN1C(=O)COc2cc(F)c(N3C(=O)C4=C(CCCC4)C3=O)cc21.CCc1cccc(C)c1N(C(=O)CCl)C(C)COC.CS(=O)(=O)c1ccc(C(=O)C2C(=O)CCCC2=O)c([N+](=O)[O-])c1.C[S+](C)C.O=C(O)CNCP(=O)([O-])O. The number of nitrogens with zero attached hydrogens (tertiary/aromatic N) is 4. The van der Waals surface area contributed by atoms with Gasteiger partial charge in [0.15, 0.2) is 39.6 Å². The number of nitro groups is 1. The number of nitro benzene ring substituents is 1. The maximum Gasteiger partial charge on any atom is 0.317 e. The lowest BCUT2D eigenvalue weighted by atomic mass is 9.81. The molecule has 2 atom stereocenters. The molecular weight excluding hydrogens is 1160 g/mol. The topological polar surface area (TPSA) is 335 Å². The summed E-state index contributed by atoms with van der Waals surface area (Å²) in [6.07, 6.45) is 16.1. The second-order valence-corrected chi connectivity index (χ2v) is 25.4. The van der Waals surface area contributed by atoms with E-state index in [0.717, 1.165) is 71.5 Å². The number of imide groups is 1. The number of para-hydroxylation sites is 1. The molecule has 7 rings (SSSR count). The summed E-state index contributed by atoms with van der Waals surface area (Å²) in [5.74, 6) is -4.49. The number of sulfone groups is 1. The first-order valence-corrected chi connectivity index (χ1v) is 31.8. The van der Waals surface area contributed by atoms with Gasteiger partial charge in [-0.2, -0.15) is 0 Å². The van der Waals surface area contributed by atoms with E-state index in [9.17, 15) is 70.7 Å². The van der Waals surface area contributed by atoms with Crippen molar-refractivity contribution >= 4 is 110 Å². The molecule has 3 aromatic rings. The number of ketones is 3. The third-order valence-electron chi connectivity index (χ3n) is 12.2. The number of ether oxygens (including phenoxy) is 2. The Hall–Kier alpha value is -6.69. The number of fused-ring (bicyclic) bond motifs is 1. The molecule has 2 aliphatic heterocycles. The van der Waals surface area contributed by atoms with Crippen LogP contribution in [-0.2, 0) is 70.0 Å². The van der Waals surface area contributed by atoms with Gasteiger partial charge in [0.2, 0.25) is 5.91 Å². The molecule has 0 radical (unpaired) electrons. The first kappa shape index (κ1) is 69.6. The molecular formula is C54H66ClFN5O18PS2. The summed E-state index contributed by atoms with van der Waals surface area (Å²) < 4.78 is 58.0. The lowest BCUT2D eigenvalue weighted by molar-refractivity contribution is -0.385. The van der Waals surface area contributed by atoms with Crippen molar-refractivity contribution in [3.05, 3.63) is 92.3 Å². The first-order chi connectivity index (χ1) is 38.4. The van der Waals surface area contributed by atoms with Crippen molar-refractivity contribution < 1.29 is 85.0 Å². The van der Waals surface area contributed by atoms with E-state index >= 15 is 0 Å². The molecule has 2 aliphatic carbocycles. The Labute approximate surface area is 482 Å². The zero-order chi connectivity index (χ0) is 62.0. The second-order valence-electron chi connectivity index (χ2n) is 19.1. The van der Waals surface area contributed by atoms with E-state index in [0.29, 0.717) is 47.9 Å². The number of anilines is 3. The van der Waals surface area contributed by atoms with Gasteiger partial charge in [0, 0.05) is 49.5 Å². The number of Topliss-reactive ketones (excluding diaryl/α,β-unsaturated/α-hetero) is 3.